The molecule has 0 amide bonds. The monoisotopic (exact) mass is 289 g/mol. The second-order valence-electron chi connectivity index (χ2n) is 4.91. The Balaban J connectivity index is 0.00000162. The number of aromatic hydroxyl groups is 1. The summed E-state index contributed by atoms with van der Waals surface area (Å²) in [6.45, 7) is 1.74. The smallest absolute Gasteiger partial charge is 0.120 e. The molecular formula is C14H21Cl2NO. The van der Waals surface area contributed by atoms with Gasteiger partial charge in [0.1, 0.15) is 5.75 Å². The normalized spacial score (nSPS) is 16.3. The molecule has 4 heteroatoms. The highest BCUT2D eigenvalue weighted by atomic mass is 35.5. The van der Waals surface area contributed by atoms with E-state index in [0.29, 0.717) is 17.3 Å². The lowest BCUT2D eigenvalue weighted by atomic mass is 9.89. The van der Waals surface area contributed by atoms with Crippen LogP contribution in [0.2, 0.25) is 5.02 Å². The zero-order valence-electron chi connectivity index (χ0n) is 10.5. The van der Waals surface area contributed by atoms with E-state index in [2.05, 4.69) is 5.32 Å². The summed E-state index contributed by atoms with van der Waals surface area (Å²) in [7, 11) is 0. The highest BCUT2D eigenvalue weighted by molar-refractivity contribution is 6.30. The lowest BCUT2D eigenvalue weighted by molar-refractivity contribution is 0.341. The first-order chi connectivity index (χ1) is 8.25. The van der Waals surface area contributed by atoms with E-state index in [0.717, 1.165) is 18.0 Å². The van der Waals surface area contributed by atoms with Crippen LogP contribution in [0.5, 0.6) is 5.75 Å². The Kier molecular flexibility index (Phi) is 6.83. The first kappa shape index (κ1) is 15.6. The van der Waals surface area contributed by atoms with Gasteiger partial charge in [-0.3, -0.25) is 0 Å². The molecule has 2 rings (SSSR count). The summed E-state index contributed by atoms with van der Waals surface area (Å²) in [5, 5.41) is 13.8. The average molecular weight is 290 g/mol. The zero-order chi connectivity index (χ0) is 12.1. The van der Waals surface area contributed by atoms with Crippen LogP contribution in [0, 0.1) is 5.92 Å². The summed E-state index contributed by atoms with van der Waals surface area (Å²) in [6, 6.07) is 5.19. The second kappa shape index (κ2) is 7.88. The molecule has 0 unspecified atom stereocenters. The maximum Gasteiger partial charge on any atom is 0.120 e. The van der Waals surface area contributed by atoms with Crippen molar-refractivity contribution in [3.63, 3.8) is 0 Å². The van der Waals surface area contributed by atoms with Crippen LogP contribution in [0.1, 0.15) is 37.7 Å². The summed E-state index contributed by atoms with van der Waals surface area (Å²) >= 11 is 5.91. The number of halogens is 2. The highest BCUT2D eigenvalue weighted by Gasteiger charge is 2.12. The average Bonchev–Trinajstić information content (AvgIpc) is 2.35. The van der Waals surface area contributed by atoms with Crippen LogP contribution >= 0.6 is 24.0 Å². The SMILES string of the molecule is Cl.Oc1ccc(Cl)cc1CNCC1CCCCC1. The molecule has 0 aliphatic heterocycles. The molecule has 1 fully saturated rings. The number of hydrogen-bond acceptors (Lipinski definition) is 2. The van der Waals surface area contributed by atoms with Gasteiger partial charge in [-0.1, -0.05) is 30.9 Å². The molecule has 0 radical (unpaired) electrons. The molecule has 1 aliphatic carbocycles. The Bertz CT molecular complexity index is 365. The molecule has 1 aromatic carbocycles. The predicted molar refractivity (Wildman–Crippen MR) is 78.6 cm³/mol. The molecule has 18 heavy (non-hydrogen) atoms. The van der Waals surface area contributed by atoms with E-state index < -0.39 is 0 Å². The van der Waals surface area contributed by atoms with Crippen LogP contribution in [-0.4, -0.2) is 11.7 Å². The molecule has 1 aliphatic rings. The number of rotatable bonds is 4. The topological polar surface area (TPSA) is 32.3 Å². The summed E-state index contributed by atoms with van der Waals surface area (Å²) in [5.74, 6) is 1.13. The van der Waals surface area contributed by atoms with Crippen molar-refractivity contribution in [3.8, 4) is 5.75 Å². The number of nitrogens with one attached hydrogen (secondary N) is 1. The fourth-order valence-corrected chi connectivity index (χ4v) is 2.69. The van der Waals surface area contributed by atoms with E-state index in [4.69, 9.17) is 11.6 Å². The largest absolute Gasteiger partial charge is 0.508 e. The Morgan fingerprint density at radius 3 is 2.67 bits per heavy atom. The number of phenols is 1. The maximum atomic E-state index is 9.67. The van der Waals surface area contributed by atoms with Crippen molar-refractivity contribution in [2.24, 2.45) is 5.92 Å². The van der Waals surface area contributed by atoms with Gasteiger partial charge in [-0.25, -0.2) is 0 Å². The molecular weight excluding hydrogens is 269 g/mol. The molecule has 0 spiro atoms. The summed E-state index contributed by atoms with van der Waals surface area (Å²) in [6.07, 6.45) is 6.82. The Morgan fingerprint density at radius 1 is 1.22 bits per heavy atom. The summed E-state index contributed by atoms with van der Waals surface area (Å²) in [5.41, 5.74) is 0.883. The number of phenolic OH excluding ortho intramolecular Hbond substituents is 1. The number of benzene rings is 1. The van der Waals surface area contributed by atoms with E-state index in [1.165, 1.54) is 32.1 Å². The Hall–Kier alpha value is -0.440. The van der Waals surface area contributed by atoms with Crippen molar-refractivity contribution in [2.45, 2.75) is 38.6 Å². The van der Waals surface area contributed by atoms with Crippen LogP contribution in [0.15, 0.2) is 18.2 Å². The van der Waals surface area contributed by atoms with Gasteiger partial charge in [0.2, 0.25) is 0 Å². The van der Waals surface area contributed by atoms with Gasteiger partial charge in [0, 0.05) is 17.1 Å². The van der Waals surface area contributed by atoms with Crippen molar-refractivity contribution < 1.29 is 5.11 Å². The van der Waals surface area contributed by atoms with Crippen molar-refractivity contribution >= 4 is 24.0 Å². The molecule has 1 aromatic rings. The minimum Gasteiger partial charge on any atom is -0.508 e. The molecule has 0 bridgehead atoms. The lowest BCUT2D eigenvalue weighted by Gasteiger charge is -2.21. The van der Waals surface area contributed by atoms with E-state index in [1.807, 2.05) is 6.07 Å². The molecule has 2 nitrogen and oxygen atoms in total. The minimum absolute atomic E-state index is 0. The summed E-state index contributed by atoms with van der Waals surface area (Å²) in [4.78, 5) is 0. The van der Waals surface area contributed by atoms with E-state index in [1.54, 1.807) is 12.1 Å². The minimum atomic E-state index is 0. The molecule has 0 aromatic heterocycles. The van der Waals surface area contributed by atoms with E-state index in [-0.39, 0.29) is 12.4 Å². The van der Waals surface area contributed by atoms with Gasteiger partial charge in [-0.15, -0.1) is 12.4 Å². The summed E-state index contributed by atoms with van der Waals surface area (Å²) < 4.78 is 0. The number of hydrogen-bond donors (Lipinski definition) is 2. The van der Waals surface area contributed by atoms with E-state index in [9.17, 15) is 5.11 Å². The lowest BCUT2D eigenvalue weighted by Crippen LogP contribution is -2.24. The Labute approximate surface area is 120 Å². The molecule has 0 heterocycles. The van der Waals surface area contributed by atoms with Crippen molar-refractivity contribution in [1.82, 2.24) is 5.32 Å². The third-order valence-corrected chi connectivity index (χ3v) is 3.75. The van der Waals surface area contributed by atoms with E-state index >= 15 is 0 Å². The molecule has 102 valence electrons. The second-order valence-corrected chi connectivity index (χ2v) is 5.34. The van der Waals surface area contributed by atoms with Crippen LogP contribution in [-0.2, 0) is 6.54 Å². The molecule has 1 saturated carbocycles. The highest BCUT2D eigenvalue weighted by Crippen LogP contribution is 2.24. The molecule has 2 N–H and O–H groups in total. The first-order valence-corrected chi connectivity index (χ1v) is 6.81. The van der Waals surface area contributed by atoms with Gasteiger partial charge >= 0.3 is 0 Å². The standard InChI is InChI=1S/C14H20ClNO.ClH/c15-13-6-7-14(17)12(8-13)10-16-9-11-4-2-1-3-5-11;/h6-8,11,16-17H,1-5,9-10H2;1H. The van der Waals surface area contributed by atoms with Crippen LogP contribution in [0.25, 0.3) is 0 Å². The maximum absolute atomic E-state index is 9.67. The van der Waals surface area contributed by atoms with Crippen molar-refractivity contribution in [2.75, 3.05) is 6.54 Å². The van der Waals surface area contributed by atoms with Crippen LogP contribution in [0.3, 0.4) is 0 Å². The van der Waals surface area contributed by atoms with Gasteiger partial charge in [-0.2, -0.15) is 0 Å². The van der Waals surface area contributed by atoms with Crippen LogP contribution < -0.4 is 5.32 Å². The van der Waals surface area contributed by atoms with Gasteiger partial charge in [0.05, 0.1) is 0 Å². The quantitative estimate of drug-likeness (QED) is 0.873. The molecule has 0 saturated heterocycles. The Morgan fingerprint density at radius 2 is 1.94 bits per heavy atom. The fourth-order valence-electron chi connectivity index (χ4n) is 2.50. The zero-order valence-corrected chi connectivity index (χ0v) is 12.1. The first-order valence-electron chi connectivity index (χ1n) is 6.44. The van der Waals surface area contributed by atoms with Crippen LogP contribution in [0.4, 0.5) is 0 Å². The van der Waals surface area contributed by atoms with Gasteiger partial charge < -0.3 is 10.4 Å². The molecule has 0 atom stereocenters. The third kappa shape index (κ3) is 4.68. The predicted octanol–water partition coefficient (Wildman–Crippen LogP) is 4.14. The van der Waals surface area contributed by atoms with Gasteiger partial charge in [0.25, 0.3) is 0 Å². The van der Waals surface area contributed by atoms with Crippen molar-refractivity contribution in [1.29, 1.82) is 0 Å². The van der Waals surface area contributed by atoms with Crippen molar-refractivity contribution in [3.05, 3.63) is 28.8 Å². The third-order valence-electron chi connectivity index (χ3n) is 3.51. The fraction of sp³-hybridized carbons (Fsp3) is 0.571. The van der Waals surface area contributed by atoms with Gasteiger partial charge in [-0.05, 0) is 43.5 Å². The van der Waals surface area contributed by atoms with Gasteiger partial charge in [0.15, 0.2) is 0 Å².